The molecule has 5 nitrogen and oxygen atoms in total. The van der Waals surface area contributed by atoms with Crippen LogP contribution >= 0.6 is 11.8 Å². The maximum atomic E-state index is 13.0. The zero-order valence-electron chi connectivity index (χ0n) is 14.1. The van der Waals surface area contributed by atoms with Gasteiger partial charge in [-0.1, -0.05) is 37.3 Å². The molecule has 0 spiro atoms. The Bertz CT molecular complexity index is 882. The summed E-state index contributed by atoms with van der Waals surface area (Å²) in [6.07, 6.45) is 0. The van der Waals surface area contributed by atoms with Crippen LogP contribution in [-0.2, 0) is 21.4 Å². The first-order chi connectivity index (χ1) is 11.9. The third-order valence-corrected chi connectivity index (χ3v) is 7.17. The molecule has 2 aromatic rings. The quantitative estimate of drug-likeness (QED) is 0.869. The van der Waals surface area contributed by atoms with E-state index in [0.29, 0.717) is 18.8 Å². The predicted molar refractivity (Wildman–Crippen MR) is 100 cm³/mol. The van der Waals surface area contributed by atoms with Gasteiger partial charge in [0.25, 0.3) is 0 Å². The minimum atomic E-state index is -3.64. The lowest BCUT2D eigenvalue weighted by Crippen LogP contribution is -2.31. The van der Waals surface area contributed by atoms with E-state index in [1.807, 2.05) is 44.2 Å². The Morgan fingerprint density at radius 1 is 1.16 bits per heavy atom. The molecule has 1 N–H and O–H groups in total. The Labute approximate surface area is 152 Å². The van der Waals surface area contributed by atoms with Crippen LogP contribution in [0.4, 0.5) is 5.69 Å². The van der Waals surface area contributed by atoms with Gasteiger partial charge in [-0.3, -0.25) is 4.79 Å². The summed E-state index contributed by atoms with van der Waals surface area (Å²) in [5.41, 5.74) is 1.49. The van der Waals surface area contributed by atoms with Crippen molar-refractivity contribution in [3.8, 4) is 0 Å². The van der Waals surface area contributed by atoms with Gasteiger partial charge in [0, 0.05) is 18.0 Å². The Morgan fingerprint density at radius 3 is 2.56 bits per heavy atom. The molecule has 1 heterocycles. The van der Waals surface area contributed by atoms with Crippen LogP contribution in [0.1, 0.15) is 19.4 Å². The molecule has 25 heavy (non-hydrogen) atoms. The van der Waals surface area contributed by atoms with E-state index in [-0.39, 0.29) is 16.1 Å². The number of fused-ring (bicyclic) bond motifs is 1. The van der Waals surface area contributed by atoms with Gasteiger partial charge in [0.05, 0.1) is 15.8 Å². The van der Waals surface area contributed by atoms with Crippen molar-refractivity contribution >= 4 is 33.4 Å². The van der Waals surface area contributed by atoms with Crippen LogP contribution in [-0.4, -0.2) is 30.4 Å². The molecule has 0 aliphatic carbocycles. The molecule has 0 unspecified atom stereocenters. The van der Waals surface area contributed by atoms with Crippen LogP contribution in [0.25, 0.3) is 0 Å². The lowest BCUT2D eigenvalue weighted by molar-refractivity contribution is -0.115. The van der Waals surface area contributed by atoms with E-state index in [0.717, 1.165) is 10.5 Å². The number of carbonyl (C=O) groups is 1. The van der Waals surface area contributed by atoms with E-state index >= 15 is 0 Å². The third-order valence-electron chi connectivity index (χ3n) is 4.07. The highest BCUT2D eigenvalue weighted by Crippen LogP contribution is 2.37. The minimum Gasteiger partial charge on any atom is -0.324 e. The van der Waals surface area contributed by atoms with Crippen LogP contribution in [0.2, 0.25) is 0 Å². The number of nitrogens with one attached hydrogen (secondary N) is 1. The number of hydrogen-bond acceptors (Lipinski definition) is 4. The zero-order chi connectivity index (χ0) is 18.0. The van der Waals surface area contributed by atoms with Crippen molar-refractivity contribution in [1.82, 2.24) is 4.31 Å². The SMILES string of the molecule is CCN(Cc1ccccc1)S(=O)(=O)c1ccc2c(c1)NC(=O)[C@H](C)S2. The first-order valence-electron chi connectivity index (χ1n) is 8.07. The van der Waals surface area contributed by atoms with Crippen molar-refractivity contribution in [2.75, 3.05) is 11.9 Å². The molecule has 0 aromatic heterocycles. The second kappa shape index (κ2) is 7.19. The summed E-state index contributed by atoms with van der Waals surface area (Å²) < 4.78 is 27.4. The summed E-state index contributed by atoms with van der Waals surface area (Å²) >= 11 is 1.44. The van der Waals surface area contributed by atoms with E-state index in [1.165, 1.54) is 16.1 Å². The molecule has 2 aromatic carbocycles. The Morgan fingerprint density at radius 2 is 1.88 bits per heavy atom. The fourth-order valence-electron chi connectivity index (χ4n) is 2.65. The largest absolute Gasteiger partial charge is 0.324 e. The topological polar surface area (TPSA) is 66.5 Å². The van der Waals surface area contributed by atoms with Crippen molar-refractivity contribution < 1.29 is 13.2 Å². The first-order valence-corrected chi connectivity index (χ1v) is 10.4. The molecule has 0 radical (unpaired) electrons. The van der Waals surface area contributed by atoms with Gasteiger partial charge in [-0.25, -0.2) is 8.42 Å². The summed E-state index contributed by atoms with van der Waals surface area (Å²) in [5, 5.41) is 2.61. The van der Waals surface area contributed by atoms with Gasteiger partial charge in [-0.15, -0.1) is 11.8 Å². The standard InChI is InChI=1S/C18H20N2O3S2/c1-3-20(12-14-7-5-4-6-8-14)25(22,23)15-9-10-17-16(11-15)19-18(21)13(2)24-17/h4-11,13H,3,12H2,1-2H3,(H,19,21)/t13-/m0/s1. The highest BCUT2D eigenvalue weighted by Gasteiger charge is 2.27. The van der Waals surface area contributed by atoms with Crippen LogP contribution in [0.5, 0.6) is 0 Å². The van der Waals surface area contributed by atoms with E-state index < -0.39 is 10.0 Å². The van der Waals surface area contributed by atoms with Crippen LogP contribution in [0.15, 0.2) is 58.3 Å². The van der Waals surface area contributed by atoms with Gasteiger partial charge < -0.3 is 5.32 Å². The average molecular weight is 377 g/mol. The normalized spacial score (nSPS) is 17.2. The number of hydrogen-bond donors (Lipinski definition) is 1. The highest BCUT2D eigenvalue weighted by molar-refractivity contribution is 8.01. The first kappa shape index (κ1) is 18.0. The molecule has 0 fully saturated rings. The van der Waals surface area contributed by atoms with Crippen molar-refractivity contribution in [1.29, 1.82) is 0 Å². The number of thioether (sulfide) groups is 1. The number of carbonyl (C=O) groups excluding carboxylic acids is 1. The third kappa shape index (κ3) is 3.73. The van der Waals surface area contributed by atoms with Gasteiger partial charge in [0.15, 0.2) is 0 Å². The highest BCUT2D eigenvalue weighted by atomic mass is 32.2. The second-order valence-electron chi connectivity index (χ2n) is 5.82. The molecule has 3 rings (SSSR count). The number of benzene rings is 2. The summed E-state index contributed by atoms with van der Waals surface area (Å²) in [7, 11) is -3.64. The summed E-state index contributed by atoms with van der Waals surface area (Å²) in [6.45, 7) is 4.33. The molecular weight excluding hydrogens is 356 g/mol. The average Bonchev–Trinajstić information content (AvgIpc) is 2.61. The molecule has 132 valence electrons. The van der Waals surface area contributed by atoms with Gasteiger partial charge in [0.2, 0.25) is 15.9 Å². The molecule has 0 saturated heterocycles. The fraction of sp³-hybridized carbons (Fsp3) is 0.278. The summed E-state index contributed by atoms with van der Waals surface area (Å²) in [4.78, 5) is 12.9. The maximum absolute atomic E-state index is 13.0. The van der Waals surface area contributed by atoms with Crippen LogP contribution in [0, 0.1) is 0 Å². The van der Waals surface area contributed by atoms with Crippen molar-refractivity contribution in [3.63, 3.8) is 0 Å². The van der Waals surface area contributed by atoms with Gasteiger partial charge in [0.1, 0.15) is 0 Å². The van der Waals surface area contributed by atoms with Gasteiger partial charge >= 0.3 is 0 Å². The Hall–Kier alpha value is -1.83. The van der Waals surface area contributed by atoms with Crippen molar-refractivity contribution in [2.45, 2.75) is 35.4 Å². The lowest BCUT2D eigenvalue weighted by Gasteiger charge is -2.24. The van der Waals surface area contributed by atoms with E-state index in [4.69, 9.17) is 0 Å². The summed E-state index contributed by atoms with van der Waals surface area (Å²) in [6, 6.07) is 14.4. The molecular formula is C18H20N2O3S2. The van der Waals surface area contributed by atoms with E-state index in [1.54, 1.807) is 18.2 Å². The number of amides is 1. The molecule has 1 aliphatic rings. The van der Waals surface area contributed by atoms with Crippen molar-refractivity contribution in [3.05, 3.63) is 54.1 Å². The van der Waals surface area contributed by atoms with Gasteiger partial charge in [-0.05, 0) is 30.7 Å². The van der Waals surface area contributed by atoms with Crippen LogP contribution < -0.4 is 5.32 Å². The smallest absolute Gasteiger partial charge is 0.243 e. The number of rotatable bonds is 5. The number of sulfonamides is 1. The second-order valence-corrected chi connectivity index (χ2v) is 9.14. The van der Waals surface area contributed by atoms with E-state index in [2.05, 4.69) is 5.32 Å². The fourth-order valence-corrected chi connectivity index (χ4v) is 5.05. The lowest BCUT2D eigenvalue weighted by atomic mass is 10.2. The molecule has 1 aliphatic heterocycles. The number of nitrogens with zero attached hydrogens (tertiary/aromatic N) is 1. The molecule has 0 saturated carbocycles. The molecule has 7 heteroatoms. The Kier molecular flexibility index (Phi) is 5.17. The molecule has 0 bridgehead atoms. The minimum absolute atomic E-state index is 0.108. The molecule has 1 amide bonds. The molecule has 1 atom stereocenters. The summed E-state index contributed by atoms with van der Waals surface area (Å²) in [5.74, 6) is -0.108. The van der Waals surface area contributed by atoms with Crippen LogP contribution in [0.3, 0.4) is 0 Å². The zero-order valence-corrected chi connectivity index (χ0v) is 15.7. The maximum Gasteiger partial charge on any atom is 0.243 e. The van der Waals surface area contributed by atoms with E-state index in [9.17, 15) is 13.2 Å². The van der Waals surface area contributed by atoms with Crippen molar-refractivity contribution in [2.24, 2.45) is 0 Å². The predicted octanol–water partition coefficient (Wildman–Crippen LogP) is 3.33. The number of anilines is 1. The van der Waals surface area contributed by atoms with Gasteiger partial charge in [-0.2, -0.15) is 4.31 Å². The Balaban J connectivity index is 1.91. The monoisotopic (exact) mass is 376 g/mol.